The van der Waals surface area contributed by atoms with Gasteiger partial charge in [0.25, 0.3) is 5.91 Å². The zero-order valence-electron chi connectivity index (χ0n) is 14.7. The maximum atomic E-state index is 12.8. The SMILES string of the molecule is Cc1ccccc1C(=O)Nc1nc(-c2cccnc2)nn1-c1ccccc1. The molecule has 0 radical (unpaired) electrons. The lowest BCUT2D eigenvalue weighted by Gasteiger charge is -2.08. The molecule has 0 aliphatic carbocycles. The van der Waals surface area contributed by atoms with Crippen LogP contribution in [0, 0.1) is 6.92 Å². The molecule has 6 nitrogen and oxygen atoms in total. The van der Waals surface area contributed by atoms with Crippen LogP contribution < -0.4 is 5.32 Å². The lowest BCUT2D eigenvalue weighted by molar-refractivity contribution is 0.102. The second kappa shape index (κ2) is 7.21. The van der Waals surface area contributed by atoms with Crippen LogP contribution in [0.5, 0.6) is 0 Å². The molecule has 0 saturated carbocycles. The molecule has 0 fully saturated rings. The van der Waals surface area contributed by atoms with E-state index in [0.717, 1.165) is 16.8 Å². The van der Waals surface area contributed by atoms with Gasteiger partial charge in [-0.1, -0.05) is 36.4 Å². The molecule has 0 unspecified atom stereocenters. The van der Waals surface area contributed by atoms with Gasteiger partial charge in [0.2, 0.25) is 5.95 Å². The third kappa shape index (κ3) is 3.46. The maximum Gasteiger partial charge on any atom is 0.258 e. The van der Waals surface area contributed by atoms with Crippen LogP contribution >= 0.6 is 0 Å². The van der Waals surface area contributed by atoms with Gasteiger partial charge in [0.15, 0.2) is 5.82 Å². The summed E-state index contributed by atoms with van der Waals surface area (Å²) in [6, 6.07) is 20.7. The Morgan fingerprint density at radius 3 is 2.48 bits per heavy atom. The number of nitrogens with zero attached hydrogens (tertiary/aromatic N) is 4. The number of hydrogen-bond donors (Lipinski definition) is 1. The maximum absolute atomic E-state index is 12.8. The van der Waals surface area contributed by atoms with Gasteiger partial charge in [0.05, 0.1) is 5.69 Å². The van der Waals surface area contributed by atoms with Crippen LogP contribution in [0.3, 0.4) is 0 Å². The highest BCUT2D eigenvalue weighted by atomic mass is 16.1. The number of carbonyl (C=O) groups excluding carboxylic acids is 1. The van der Waals surface area contributed by atoms with E-state index >= 15 is 0 Å². The highest BCUT2D eigenvalue weighted by molar-refractivity contribution is 6.04. The topological polar surface area (TPSA) is 72.7 Å². The first kappa shape index (κ1) is 16.7. The van der Waals surface area contributed by atoms with Crippen LogP contribution in [0.25, 0.3) is 17.1 Å². The van der Waals surface area contributed by atoms with Gasteiger partial charge >= 0.3 is 0 Å². The van der Waals surface area contributed by atoms with Crippen LogP contribution in [-0.2, 0) is 0 Å². The summed E-state index contributed by atoms with van der Waals surface area (Å²) in [5, 5.41) is 7.46. The van der Waals surface area contributed by atoms with Crippen molar-refractivity contribution in [1.29, 1.82) is 0 Å². The molecule has 0 saturated heterocycles. The number of aryl methyl sites for hydroxylation is 1. The normalized spacial score (nSPS) is 10.6. The molecular formula is C21H17N5O. The largest absolute Gasteiger partial charge is 0.290 e. The van der Waals surface area contributed by atoms with Gasteiger partial charge in [0.1, 0.15) is 0 Å². The Labute approximate surface area is 156 Å². The number of anilines is 1. The standard InChI is InChI=1S/C21H17N5O/c1-15-8-5-6-12-18(15)20(27)24-21-23-19(16-9-7-13-22-14-16)25-26(21)17-10-3-2-4-11-17/h2-14H,1H3,(H,23,24,25,27). The Morgan fingerprint density at radius 2 is 1.74 bits per heavy atom. The fourth-order valence-electron chi connectivity index (χ4n) is 2.76. The van der Waals surface area contributed by atoms with Gasteiger partial charge in [-0.2, -0.15) is 9.67 Å². The van der Waals surface area contributed by atoms with Crippen LogP contribution in [0.15, 0.2) is 79.1 Å². The molecule has 0 atom stereocenters. The number of nitrogens with one attached hydrogen (secondary N) is 1. The van der Waals surface area contributed by atoms with Gasteiger partial charge in [-0.15, -0.1) is 5.10 Å². The van der Waals surface area contributed by atoms with Crippen molar-refractivity contribution >= 4 is 11.9 Å². The average Bonchev–Trinajstić information content (AvgIpc) is 3.13. The molecule has 0 spiro atoms. The molecule has 2 aromatic carbocycles. The Bertz CT molecular complexity index is 1070. The number of rotatable bonds is 4. The van der Waals surface area contributed by atoms with E-state index in [9.17, 15) is 4.79 Å². The second-order valence-corrected chi connectivity index (χ2v) is 6.02. The monoisotopic (exact) mass is 355 g/mol. The molecule has 1 N–H and O–H groups in total. The van der Waals surface area contributed by atoms with E-state index in [1.807, 2.05) is 67.6 Å². The van der Waals surface area contributed by atoms with Crippen molar-refractivity contribution in [2.24, 2.45) is 0 Å². The minimum Gasteiger partial charge on any atom is -0.290 e. The van der Waals surface area contributed by atoms with Gasteiger partial charge in [-0.3, -0.25) is 15.1 Å². The first-order valence-corrected chi connectivity index (χ1v) is 8.52. The van der Waals surface area contributed by atoms with Crippen LogP contribution in [-0.4, -0.2) is 25.7 Å². The molecule has 132 valence electrons. The van der Waals surface area contributed by atoms with Crippen molar-refractivity contribution in [2.45, 2.75) is 6.92 Å². The van der Waals surface area contributed by atoms with E-state index in [1.54, 1.807) is 23.1 Å². The first-order valence-electron chi connectivity index (χ1n) is 8.52. The fourth-order valence-corrected chi connectivity index (χ4v) is 2.76. The Hall–Kier alpha value is -3.80. The summed E-state index contributed by atoms with van der Waals surface area (Å²) in [7, 11) is 0. The van der Waals surface area contributed by atoms with Gasteiger partial charge in [-0.05, 0) is 42.8 Å². The van der Waals surface area contributed by atoms with Crippen molar-refractivity contribution < 1.29 is 4.79 Å². The molecule has 0 aliphatic rings. The number of para-hydroxylation sites is 1. The summed E-state index contributed by atoms with van der Waals surface area (Å²) in [6.45, 7) is 1.90. The summed E-state index contributed by atoms with van der Waals surface area (Å²) >= 11 is 0. The molecule has 0 aliphatic heterocycles. The molecule has 6 heteroatoms. The van der Waals surface area contributed by atoms with Crippen LogP contribution in [0.2, 0.25) is 0 Å². The number of pyridine rings is 1. The van der Waals surface area contributed by atoms with Crippen molar-refractivity contribution in [3.8, 4) is 17.1 Å². The predicted molar refractivity (Wildman–Crippen MR) is 104 cm³/mol. The second-order valence-electron chi connectivity index (χ2n) is 6.02. The summed E-state index contributed by atoms with van der Waals surface area (Å²) < 4.78 is 1.62. The highest BCUT2D eigenvalue weighted by Crippen LogP contribution is 2.21. The third-order valence-corrected chi connectivity index (χ3v) is 4.14. The lowest BCUT2D eigenvalue weighted by atomic mass is 10.1. The van der Waals surface area contributed by atoms with Crippen molar-refractivity contribution in [3.05, 3.63) is 90.3 Å². The van der Waals surface area contributed by atoms with Crippen molar-refractivity contribution in [1.82, 2.24) is 19.7 Å². The molecule has 2 heterocycles. The number of benzene rings is 2. The third-order valence-electron chi connectivity index (χ3n) is 4.14. The molecule has 1 amide bonds. The molecule has 4 rings (SSSR count). The first-order chi connectivity index (χ1) is 13.2. The average molecular weight is 355 g/mol. The molecule has 4 aromatic rings. The molecule has 0 bridgehead atoms. The number of amides is 1. The van der Waals surface area contributed by atoms with Crippen LogP contribution in [0.1, 0.15) is 15.9 Å². The number of carbonyl (C=O) groups is 1. The van der Waals surface area contributed by atoms with Crippen molar-refractivity contribution in [3.63, 3.8) is 0 Å². The van der Waals surface area contributed by atoms with Gasteiger partial charge in [-0.25, -0.2) is 0 Å². The zero-order valence-corrected chi connectivity index (χ0v) is 14.7. The van der Waals surface area contributed by atoms with Gasteiger partial charge < -0.3 is 0 Å². The summed E-state index contributed by atoms with van der Waals surface area (Å²) in [5.41, 5.74) is 3.08. The molecule has 27 heavy (non-hydrogen) atoms. The van der Waals surface area contributed by atoms with Gasteiger partial charge in [0, 0.05) is 23.5 Å². The minimum atomic E-state index is -0.226. The van der Waals surface area contributed by atoms with Crippen LogP contribution in [0.4, 0.5) is 5.95 Å². The molecular weight excluding hydrogens is 338 g/mol. The van der Waals surface area contributed by atoms with E-state index in [-0.39, 0.29) is 5.91 Å². The summed E-state index contributed by atoms with van der Waals surface area (Å²) in [5.74, 6) is 0.621. The Balaban J connectivity index is 1.76. The Kier molecular flexibility index (Phi) is 4.45. The Morgan fingerprint density at radius 1 is 0.963 bits per heavy atom. The highest BCUT2D eigenvalue weighted by Gasteiger charge is 2.17. The van der Waals surface area contributed by atoms with E-state index in [4.69, 9.17) is 0 Å². The summed E-state index contributed by atoms with van der Waals surface area (Å²) in [4.78, 5) is 21.4. The lowest BCUT2D eigenvalue weighted by Crippen LogP contribution is -2.16. The minimum absolute atomic E-state index is 0.226. The zero-order chi connectivity index (χ0) is 18.6. The van der Waals surface area contributed by atoms with E-state index in [2.05, 4.69) is 20.4 Å². The van der Waals surface area contributed by atoms with Crippen molar-refractivity contribution in [2.75, 3.05) is 5.32 Å². The summed E-state index contributed by atoms with van der Waals surface area (Å²) in [6.07, 6.45) is 3.39. The van der Waals surface area contributed by atoms with E-state index < -0.39 is 0 Å². The number of aromatic nitrogens is 4. The quantitative estimate of drug-likeness (QED) is 0.603. The van der Waals surface area contributed by atoms with E-state index in [0.29, 0.717) is 17.3 Å². The van der Waals surface area contributed by atoms with E-state index in [1.165, 1.54) is 0 Å². The predicted octanol–water partition coefficient (Wildman–Crippen LogP) is 3.89. The fraction of sp³-hybridized carbons (Fsp3) is 0.0476. The molecule has 2 aromatic heterocycles. The smallest absolute Gasteiger partial charge is 0.258 e. The number of hydrogen-bond acceptors (Lipinski definition) is 4.